The molecule has 4 rings (SSSR count). The highest BCUT2D eigenvalue weighted by molar-refractivity contribution is 5.62. The summed E-state index contributed by atoms with van der Waals surface area (Å²) in [6.45, 7) is 4.16. The van der Waals surface area contributed by atoms with Gasteiger partial charge in [-0.25, -0.2) is 0 Å². The molecule has 1 atom stereocenters. The molecule has 1 aliphatic heterocycles. The SMILES string of the molecule is CN1CCN(Cc2cn(C)nc2-c2ccccc2)C[C@H]1c1ccccc1. The number of aryl methyl sites for hydroxylation is 1. The van der Waals surface area contributed by atoms with Crippen LogP contribution in [0.5, 0.6) is 0 Å². The number of piperazine rings is 1. The summed E-state index contributed by atoms with van der Waals surface area (Å²) in [4.78, 5) is 5.02. The van der Waals surface area contributed by atoms with Gasteiger partial charge >= 0.3 is 0 Å². The molecule has 1 aromatic heterocycles. The van der Waals surface area contributed by atoms with Gasteiger partial charge in [0.2, 0.25) is 0 Å². The summed E-state index contributed by atoms with van der Waals surface area (Å²) in [6, 6.07) is 21.8. The maximum absolute atomic E-state index is 4.72. The summed E-state index contributed by atoms with van der Waals surface area (Å²) in [7, 11) is 4.24. The minimum atomic E-state index is 0.446. The van der Waals surface area contributed by atoms with Crippen molar-refractivity contribution in [1.82, 2.24) is 19.6 Å². The first-order chi connectivity index (χ1) is 12.7. The van der Waals surface area contributed by atoms with E-state index < -0.39 is 0 Å². The van der Waals surface area contributed by atoms with Crippen LogP contribution in [0.4, 0.5) is 0 Å². The van der Waals surface area contributed by atoms with E-state index in [1.807, 2.05) is 11.7 Å². The van der Waals surface area contributed by atoms with E-state index in [0.717, 1.165) is 31.9 Å². The average molecular weight is 346 g/mol. The smallest absolute Gasteiger partial charge is 0.0968 e. The van der Waals surface area contributed by atoms with Crippen LogP contribution < -0.4 is 0 Å². The van der Waals surface area contributed by atoms with Gasteiger partial charge in [0.15, 0.2) is 0 Å². The van der Waals surface area contributed by atoms with Crippen molar-refractivity contribution in [3.63, 3.8) is 0 Å². The van der Waals surface area contributed by atoms with Crippen LogP contribution in [-0.2, 0) is 13.6 Å². The third-order valence-corrected chi connectivity index (χ3v) is 5.26. The fourth-order valence-corrected chi connectivity index (χ4v) is 3.84. The van der Waals surface area contributed by atoms with Gasteiger partial charge in [-0.1, -0.05) is 60.7 Å². The van der Waals surface area contributed by atoms with Crippen molar-refractivity contribution in [2.75, 3.05) is 26.7 Å². The van der Waals surface area contributed by atoms with Gasteiger partial charge in [-0.3, -0.25) is 14.5 Å². The second kappa shape index (κ2) is 7.44. The third-order valence-electron chi connectivity index (χ3n) is 5.26. The first-order valence-electron chi connectivity index (χ1n) is 9.26. The molecule has 4 nitrogen and oxygen atoms in total. The molecule has 4 heteroatoms. The second-order valence-corrected chi connectivity index (χ2v) is 7.18. The van der Waals surface area contributed by atoms with E-state index in [4.69, 9.17) is 5.10 Å². The summed E-state index contributed by atoms with van der Waals surface area (Å²) in [5.41, 5.74) is 4.99. The van der Waals surface area contributed by atoms with Gasteiger partial charge < -0.3 is 0 Å². The number of hydrogen-bond donors (Lipinski definition) is 0. The Bertz CT molecular complexity index is 841. The molecule has 0 spiro atoms. The quantitative estimate of drug-likeness (QED) is 0.722. The van der Waals surface area contributed by atoms with Gasteiger partial charge in [0.1, 0.15) is 0 Å². The van der Waals surface area contributed by atoms with Gasteiger partial charge in [-0.05, 0) is 12.6 Å². The molecule has 2 heterocycles. The Morgan fingerprint density at radius 1 is 0.923 bits per heavy atom. The van der Waals surface area contributed by atoms with Gasteiger partial charge in [-0.2, -0.15) is 5.10 Å². The normalized spacial score (nSPS) is 18.9. The lowest BCUT2D eigenvalue weighted by molar-refractivity contribution is 0.0906. The third kappa shape index (κ3) is 3.57. The van der Waals surface area contributed by atoms with E-state index in [0.29, 0.717) is 6.04 Å². The number of rotatable bonds is 4. The number of benzene rings is 2. The Morgan fingerprint density at radius 3 is 2.35 bits per heavy atom. The van der Waals surface area contributed by atoms with Gasteiger partial charge in [-0.15, -0.1) is 0 Å². The fourth-order valence-electron chi connectivity index (χ4n) is 3.84. The zero-order chi connectivity index (χ0) is 17.9. The molecule has 1 aliphatic rings. The first-order valence-corrected chi connectivity index (χ1v) is 9.26. The van der Waals surface area contributed by atoms with Crippen LogP contribution in [-0.4, -0.2) is 46.3 Å². The van der Waals surface area contributed by atoms with Gasteiger partial charge in [0.05, 0.1) is 5.69 Å². The minimum Gasteiger partial charge on any atom is -0.297 e. The maximum atomic E-state index is 4.72. The summed E-state index contributed by atoms with van der Waals surface area (Å²) >= 11 is 0. The Morgan fingerprint density at radius 2 is 1.62 bits per heavy atom. The lowest BCUT2D eigenvalue weighted by Gasteiger charge is -2.39. The predicted octanol–water partition coefficient (Wildman–Crippen LogP) is 3.58. The average Bonchev–Trinajstić information content (AvgIpc) is 3.05. The largest absolute Gasteiger partial charge is 0.297 e. The molecule has 0 N–H and O–H groups in total. The number of likely N-dealkylation sites (N-methyl/N-ethyl adjacent to an activating group) is 1. The van der Waals surface area contributed by atoms with E-state index in [9.17, 15) is 0 Å². The van der Waals surface area contributed by atoms with Crippen LogP contribution in [0.3, 0.4) is 0 Å². The van der Waals surface area contributed by atoms with Crippen molar-refractivity contribution >= 4 is 0 Å². The zero-order valence-electron chi connectivity index (χ0n) is 15.5. The topological polar surface area (TPSA) is 24.3 Å². The number of aromatic nitrogens is 2. The summed E-state index contributed by atoms with van der Waals surface area (Å²) in [6.07, 6.45) is 2.16. The van der Waals surface area contributed by atoms with Crippen LogP contribution in [0.15, 0.2) is 66.9 Å². The lowest BCUT2D eigenvalue weighted by Crippen LogP contribution is -2.46. The van der Waals surface area contributed by atoms with Crippen LogP contribution in [0.2, 0.25) is 0 Å². The Balaban J connectivity index is 1.55. The fraction of sp³-hybridized carbons (Fsp3) is 0.318. The molecule has 134 valence electrons. The molecule has 0 unspecified atom stereocenters. The van der Waals surface area contributed by atoms with E-state index in [1.54, 1.807) is 0 Å². The van der Waals surface area contributed by atoms with Crippen molar-refractivity contribution in [3.05, 3.63) is 78.0 Å². The Hall–Kier alpha value is -2.43. The van der Waals surface area contributed by atoms with Crippen LogP contribution in [0.1, 0.15) is 17.2 Å². The van der Waals surface area contributed by atoms with Crippen LogP contribution in [0, 0.1) is 0 Å². The molecular weight excluding hydrogens is 320 g/mol. The van der Waals surface area contributed by atoms with Crippen LogP contribution >= 0.6 is 0 Å². The summed E-state index contributed by atoms with van der Waals surface area (Å²) < 4.78 is 1.93. The molecule has 0 saturated carbocycles. The molecule has 0 radical (unpaired) electrons. The molecule has 0 bridgehead atoms. The zero-order valence-corrected chi connectivity index (χ0v) is 15.5. The molecule has 26 heavy (non-hydrogen) atoms. The van der Waals surface area contributed by atoms with E-state index in [1.165, 1.54) is 16.7 Å². The molecule has 0 aliphatic carbocycles. The van der Waals surface area contributed by atoms with Crippen molar-refractivity contribution in [2.45, 2.75) is 12.6 Å². The van der Waals surface area contributed by atoms with Crippen LogP contribution in [0.25, 0.3) is 11.3 Å². The standard InChI is InChI=1S/C22H26N4/c1-24-13-14-26(17-21(24)18-9-5-3-6-10-18)16-20-15-25(2)23-22(20)19-11-7-4-8-12-19/h3-12,15,21H,13-14,16-17H2,1-2H3/t21-/m0/s1. The second-order valence-electron chi connectivity index (χ2n) is 7.18. The van der Waals surface area contributed by atoms with Gasteiger partial charge in [0, 0.05) is 56.6 Å². The lowest BCUT2D eigenvalue weighted by atomic mass is 10.0. The predicted molar refractivity (Wildman–Crippen MR) is 106 cm³/mol. The molecule has 1 fully saturated rings. The Kier molecular flexibility index (Phi) is 4.87. The van der Waals surface area contributed by atoms with Crippen molar-refractivity contribution in [1.29, 1.82) is 0 Å². The van der Waals surface area contributed by atoms with Crippen molar-refractivity contribution in [2.24, 2.45) is 7.05 Å². The highest BCUT2D eigenvalue weighted by Crippen LogP contribution is 2.27. The monoisotopic (exact) mass is 346 g/mol. The molecule has 3 aromatic rings. The molecular formula is C22H26N4. The van der Waals surface area contributed by atoms with E-state index in [-0.39, 0.29) is 0 Å². The van der Waals surface area contributed by atoms with E-state index in [2.05, 4.69) is 83.7 Å². The Labute approximate surface area is 155 Å². The summed E-state index contributed by atoms with van der Waals surface area (Å²) in [5, 5.41) is 4.72. The van der Waals surface area contributed by atoms with E-state index >= 15 is 0 Å². The van der Waals surface area contributed by atoms with Crippen molar-refractivity contribution < 1.29 is 0 Å². The van der Waals surface area contributed by atoms with Crippen molar-refractivity contribution in [3.8, 4) is 11.3 Å². The molecule has 1 saturated heterocycles. The number of nitrogens with zero attached hydrogens (tertiary/aromatic N) is 4. The number of hydrogen-bond acceptors (Lipinski definition) is 3. The molecule has 2 aromatic carbocycles. The van der Waals surface area contributed by atoms with Gasteiger partial charge in [0.25, 0.3) is 0 Å². The first kappa shape index (κ1) is 17.0. The maximum Gasteiger partial charge on any atom is 0.0968 e. The molecule has 0 amide bonds. The minimum absolute atomic E-state index is 0.446. The highest BCUT2D eigenvalue weighted by atomic mass is 15.3. The summed E-state index contributed by atoms with van der Waals surface area (Å²) in [5.74, 6) is 0. The highest BCUT2D eigenvalue weighted by Gasteiger charge is 2.26.